The number of nitrogens with two attached hydrogens (primary N) is 1. The summed E-state index contributed by atoms with van der Waals surface area (Å²) in [5, 5.41) is 3.39. The number of anilines is 1. The van der Waals surface area contributed by atoms with Gasteiger partial charge in [0, 0.05) is 49.8 Å². The largest absolute Gasteiger partial charge is 0.381 e. The quantitative estimate of drug-likeness (QED) is 0.651. The molecule has 0 saturated carbocycles. The third-order valence-electron chi connectivity index (χ3n) is 5.80. The summed E-state index contributed by atoms with van der Waals surface area (Å²) < 4.78 is 0. The lowest BCUT2D eigenvalue weighted by atomic mass is 9.88. The first-order valence-corrected chi connectivity index (χ1v) is 10.5. The molecule has 2 heterocycles. The minimum Gasteiger partial charge on any atom is -0.381 e. The maximum absolute atomic E-state index is 13.0. The second-order valence-corrected chi connectivity index (χ2v) is 7.81. The second-order valence-electron chi connectivity index (χ2n) is 7.81. The van der Waals surface area contributed by atoms with E-state index in [0.29, 0.717) is 19.0 Å². The molecule has 0 atom stereocenters. The van der Waals surface area contributed by atoms with Gasteiger partial charge in [-0.25, -0.2) is 0 Å². The average molecular weight is 401 g/mol. The molecule has 0 aliphatic carbocycles. The van der Waals surface area contributed by atoms with Gasteiger partial charge in [0.05, 0.1) is 0 Å². The van der Waals surface area contributed by atoms with E-state index in [1.54, 1.807) is 12.4 Å². The van der Waals surface area contributed by atoms with Gasteiger partial charge in [0.2, 0.25) is 0 Å². The Bertz CT molecular complexity index is 981. The number of pyridine rings is 1. The molecule has 154 valence electrons. The van der Waals surface area contributed by atoms with E-state index in [9.17, 15) is 4.79 Å². The predicted molar refractivity (Wildman–Crippen MR) is 120 cm³/mol. The van der Waals surface area contributed by atoms with E-state index in [4.69, 9.17) is 5.73 Å². The summed E-state index contributed by atoms with van der Waals surface area (Å²) in [6, 6.07) is 20.3. The van der Waals surface area contributed by atoms with Crippen molar-refractivity contribution in [2.24, 2.45) is 5.73 Å². The normalized spacial score (nSPS) is 14.5. The van der Waals surface area contributed by atoms with Gasteiger partial charge in [-0.05, 0) is 65.8 Å². The number of nitrogens with one attached hydrogen (secondary N) is 1. The summed E-state index contributed by atoms with van der Waals surface area (Å²) in [5.74, 6) is 0.602. The van der Waals surface area contributed by atoms with Crippen molar-refractivity contribution in [2.45, 2.75) is 31.8 Å². The number of hydrogen-bond donors (Lipinski definition) is 2. The monoisotopic (exact) mass is 400 g/mol. The third kappa shape index (κ3) is 4.86. The van der Waals surface area contributed by atoms with E-state index in [2.05, 4.69) is 34.6 Å². The standard InChI is InChI=1S/C25H28N4O/c26-17-20-3-1-4-22(15-20)21-9-13-29(14-10-21)25(30)23-5-2-6-24(16-23)28-18-19-7-11-27-12-8-19/h1-8,11-12,15-16,21,28H,9-10,13-14,17-18,26H2. The van der Waals surface area contributed by atoms with Crippen molar-refractivity contribution in [2.75, 3.05) is 18.4 Å². The first kappa shape index (κ1) is 20.1. The van der Waals surface area contributed by atoms with Crippen molar-refractivity contribution >= 4 is 11.6 Å². The van der Waals surface area contributed by atoms with E-state index in [1.807, 2.05) is 41.3 Å². The van der Waals surface area contributed by atoms with Crippen LogP contribution in [-0.2, 0) is 13.1 Å². The molecule has 2 aromatic carbocycles. The molecule has 0 spiro atoms. The van der Waals surface area contributed by atoms with Crippen LogP contribution in [0.5, 0.6) is 0 Å². The first-order valence-electron chi connectivity index (χ1n) is 10.5. The maximum atomic E-state index is 13.0. The van der Waals surface area contributed by atoms with Crippen molar-refractivity contribution in [1.29, 1.82) is 0 Å². The Balaban J connectivity index is 1.36. The Hall–Kier alpha value is -3.18. The number of nitrogens with zero attached hydrogens (tertiary/aromatic N) is 2. The molecule has 1 aliphatic heterocycles. The second kappa shape index (κ2) is 9.55. The lowest BCUT2D eigenvalue weighted by molar-refractivity contribution is 0.0713. The fraction of sp³-hybridized carbons (Fsp3) is 0.280. The molecule has 0 radical (unpaired) electrons. The fourth-order valence-corrected chi connectivity index (χ4v) is 4.04. The van der Waals surface area contributed by atoms with Gasteiger partial charge in [-0.1, -0.05) is 30.3 Å². The van der Waals surface area contributed by atoms with Gasteiger partial charge in [-0.3, -0.25) is 9.78 Å². The Morgan fingerprint density at radius 1 is 1.00 bits per heavy atom. The molecule has 1 fully saturated rings. The highest BCUT2D eigenvalue weighted by molar-refractivity contribution is 5.95. The van der Waals surface area contributed by atoms with Crippen LogP contribution in [0.25, 0.3) is 0 Å². The minimum atomic E-state index is 0.108. The van der Waals surface area contributed by atoms with E-state index in [0.717, 1.165) is 42.7 Å². The van der Waals surface area contributed by atoms with Crippen molar-refractivity contribution in [3.05, 3.63) is 95.3 Å². The Morgan fingerprint density at radius 3 is 2.53 bits per heavy atom. The number of benzene rings is 2. The van der Waals surface area contributed by atoms with Crippen LogP contribution < -0.4 is 11.1 Å². The number of rotatable bonds is 6. The molecule has 3 N–H and O–H groups in total. The summed E-state index contributed by atoms with van der Waals surface area (Å²) in [7, 11) is 0. The van der Waals surface area contributed by atoms with Crippen molar-refractivity contribution < 1.29 is 4.79 Å². The molecular weight excluding hydrogens is 372 g/mol. The molecular formula is C25H28N4O. The van der Waals surface area contributed by atoms with Crippen LogP contribution in [0.15, 0.2) is 73.1 Å². The predicted octanol–water partition coefficient (Wildman–Crippen LogP) is 4.17. The molecule has 4 rings (SSSR count). The van der Waals surface area contributed by atoms with Gasteiger partial charge in [-0.15, -0.1) is 0 Å². The number of carbonyl (C=O) groups excluding carboxylic acids is 1. The summed E-state index contributed by atoms with van der Waals surface area (Å²) in [6.07, 6.45) is 5.54. The highest BCUT2D eigenvalue weighted by atomic mass is 16.2. The topological polar surface area (TPSA) is 71.2 Å². The van der Waals surface area contributed by atoms with Crippen LogP contribution in [0, 0.1) is 0 Å². The number of aromatic nitrogens is 1. The molecule has 0 bridgehead atoms. The Kier molecular flexibility index (Phi) is 6.40. The van der Waals surface area contributed by atoms with Gasteiger partial charge >= 0.3 is 0 Å². The van der Waals surface area contributed by atoms with Crippen LogP contribution in [0.1, 0.15) is 45.8 Å². The zero-order valence-corrected chi connectivity index (χ0v) is 17.1. The molecule has 1 aromatic heterocycles. The summed E-state index contributed by atoms with van der Waals surface area (Å²) >= 11 is 0. The van der Waals surface area contributed by atoms with E-state index < -0.39 is 0 Å². The molecule has 30 heavy (non-hydrogen) atoms. The van der Waals surface area contributed by atoms with Gasteiger partial charge in [-0.2, -0.15) is 0 Å². The van der Waals surface area contributed by atoms with Crippen LogP contribution in [0.3, 0.4) is 0 Å². The number of amides is 1. The van der Waals surface area contributed by atoms with Crippen molar-refractivity contribution in [3.8, 4) is 0 Å². The Morgan fingerprint density at radius 2 is 1.77 bits per heavy atom. The molecule has 1 amide bonds. The summed E-state index contributed by atoms with van der Waals surface area (Å²) in [6.45, 7) is 2.83. The number of carbonyl (C=O) groups is 1. The lowest BCUT2D eigenvalue weighted by Gasteiger charge is -2.32. The fourth-order valence-electron chi connectivity index (χ4n) is 4.04. The van der Waals surface area contributed by atoms with Gasteiger partial charge in [0.15, 0.2) is 0 Å². The molecule has 3 aromatic rings. The highest BCUT2D eigenvalue weighted by Crippen LogP contribution is 2.29. The molecule has 5 nitrogen and oxygen atoms in total. The number of piperidine rings is 1. The van der Waals surface area contributed by atoms with Crippen LogP contribution in [0.4, 0.5) is 5.69 Å². The average Bonchev–Trinajstić information content (AvgIpc) is 2.83. The van der Waals surface area contributed by atoms with Gasteiger partial charge in [0.1, 0.15) is 0 Å². The van der Waals surface area contributed by atoms with E-state index >= 15 is 0 Å². The molecule has 1 aliphatic rings. The van der Waals surface area contributed by atoms with Crippen LogP contribution in [-0.4, -0.2) is 28.9 Å². The highest BCUT2D eigenvalue weighted by Gasteiger charge is 2.24. The number of hydrogen-bond acceptors (Lipinski definition) is 4. The van der Waals surface area contributed by atoms with Crippen molar-refractivity contribution in [1.82, 2.24) is 9.88 Å². The molecule has 5 heteroatoms. The minimum absolute atomic E-state index is 0.108. The maximum Gasteiger partial charge on any atom is 0.253 e. The van der Waals surface area contributed by atoms with Crippen molar-refractivity contribution in [3.63, 3.8) is 0 Å². The Labute approximate surface area is 177 Å². The summed E-state index contributed by atoms with van der Waals surface area (Å²) in [5.41, 5.74) is 11.1. The van der Waals surface area contributed by atoms with E-state index in [-0.39, 0.29) is 5.91 Å². The third-order valence-corrected chi connectivity index (χ3v) is 5.80. The van der Waals surface area contributed by atoms with Crippen LogP contribution >= 0.6 is 0 Å². The van der Waals surface area contributed by atoms with Gasteiger partial charge < -0.3 is 16.0 Å². The van der Waals surface area contributed by atoms with E-state index in [1.165, 1.54) is 11.1 Å². The number of likely N-dealkylation sites (tertiary alicyclic amines) is 1. The zero-order chi connectivity index (χ0) is 20.8. The lowest BCUT2D eigenvalue weighted by Crippen LogP contribution is -2.37. The molecule has 0 unspecified atom stereocenters. The molecule has 1 saturated heterocycles. The van der Waals surface area contributed by atoms with Crippen LogP contribution in [0.2, 0.25) is 0 Å². The zero-order valence-electron chi connectivity index (χ0n) is 17.1. The summed E-state index contributed by atoms with van der Waals surface area (Å²) in [4.78, 5) is 19.1. The van der Waals surface area contributed by atoms with Gasteiger partial charge in [0.25, 0.3) is 5.91 Å². The SMILES string of the molecule is NCc1cccc(C2CCN(C(=O)c3cccc(NCc4ccncc4)c3)CC2)c1. The first-order chi connectivity index (χ1) is 14.7. The smallest absolute Gasteiger partial charge is 0.253 e.